The molecule has 11 aromatic carbocycles. The van der Waals surface area contributed by atoms with Crippen LogP contribution in [-0.4, -0.2) is 20.8 Å². The largest absolute Gasteiger partial charge is 0.383 e. The van der Waals surface area contributed by atoms with E-state index in [2.05, 4.69) is 209 Å². The maximum atomic E-state index is 6.79. The standard InChI is InChI=1S/C69H45N5S2/c70-68(43-19-5-1-6-20-43)72-69(44-21-7-2-8-22-44)71-42-46-41-45(50-29-17-31-56-58-39-37-53-51-27-13-15-33-60(51)73(47-23-9-3-10-24-47)62(53)66(58)75-64(50)56)35-36-49(46)55-30-18-32-57-59-40-38-54-52-28-14-16-34-61(52)74(48-25-11-4-12-26-48)63(54)67(59)76-65(55)57/h1-41H,42H2,(H2,70,71,72). The first kappa shape index (κ1) is 44.1. The van der Waals surface area contributed by atoms with Gasteiger partial charge in [0.15, 0.2) is 5.84 Å². The van der Waals surface area contributed by atoms with Crippen molar-refractivity contribution in [2.24, 2.45) is 15.7 Å². The lowest BCUT2D eigenvalue weighted by Gasteiger charge is -2.14. The fourth-order valence-corrected chi connectivity index (χ4v) is 14.4. The van der Waals surface area contributed by atoms with Gasteiger partial charge in [-0.25, -0.2) is 4.99 Å². The van der Waals surface area contributed by atoms with Crippen molar-refractivity contribution in [3.63, 3.8) is 0 Å². The highest BCUT2D eigenvalue weighted by Gasteiger charge is 2.23. The van der Waals surface area contributed by atoms with Crippen LogP contribution in [0.2, 0.25) is 0 Å². The Labute approximate surface area is 446 Å². The van der Waals surface area contributed by atoms with Gasteiger partial charge in [0.1, 0.15) is 5.84 Å². The van der Waals surface area contributed by atoms with Crippen molar-refractivity contribution in [3.8, 4) is 33.6 Å². The lowest BCUT2D eigenvalue weighted by molar-refractivity contribution is 1.06. The van der Waals surface area contributed by atoms with Crippen molar-refractivity contribution >= 4 is 118 Å². The molecule has 5 nitrogen and oxygen atoms in total. The molecular formula is C69H45N5S2. The van der Waals surface area contributed by atoms with E-state index in [0.29, 0.717) is 18.2 Å². The smallest absolute Gasteiger partial charge is 0.157 e. The monoisotopic (exact) mass is 1010 g/mol. The quantitative estimate of drug-likeness (QED) is 0.120. The number of benzene rings is 11. The van der Waals surface area contributed by atoms with Gasteiger partial charge in [0, 0.05) is 75.0 Å². The van der Waals surface area contributed by atoms with E-state index in [1.165, 1.54) is 95.1 Å². The second-order valence-electron chi connectivity index (χ2n) is 19.4. The summed E-state index contributed by atoms with van der Waals surface area (Å²) in [6, 6.07) is 89.1. The zero-order valence-electron chi connectivity index (χ0n) is 41.1. The average molecular weight is 1010 g/mol. The molecule has 0 unspecified atom stereocenters. The third-order valence-electron chi connectivity index (χ3n) is 15.1. The number of nitrogens with two attached hydrogens (primary N) is 1. The summed E-state index contributed by atoms with van der Waals surface area (Å²) in [5.74, 6) is 1.00. The molecule has 4 heterocycles. The van der Waals surface area contributed by atoms with E-state index in [-0.39, 0.29) is 0 Å². The minimum atomic E-state index is 0.368. The van der Waals surface area contributed by atoms with Gasteiger partial charge < -0.3 is 14.9 Å². The highest BCUT2D eigenvalue weighted by molar-refractivity contribution is 7.27. The third-order valence-corrected chi connectivity index (χ3v) is 17.6. The van der Waals surface area contributed by atoms with Crippen LogP contribution in [0.3, 0.4) is 0 Å². The summed E-state index contributed by atoms with van der Waals surface area (Å²) in [4.78, 5) is 10.5. The molecule has 0 aliphatic heterocycles. The third kappa shape index (κ3) is 7.04. The normalized spacial score (nSPS) is 12.5. The van der Waals surface area contributed by atoms with E-state index in [9.17, 15) is 0 Å². The number of rotatable bonds is 8. The Kier molecular flexibility index (Phi) is 10.4. The van der Waals surface area contributed by atoms with Gasteiger partial charge in [0.25, 0.3) is 0 Å². The predicted octanol–water partition coefficient (Wildman–Crippen LogP) is 18.3. The Balaban J connectivity index is 0.958. The molecule has 15 aromatic rings. The fraction of sp³-hybridized carbons (Fsp3) is 0.0145. The van der Waals surface area contributed by atoms with Gasteiger partial charge in [-0.15, -0.1) is 22.7 Å². The van der Waals surface area contributed by atoms with E-state index in [1.807, 2.05) is 71.2 Å². The van der Waals surface area contributed by atoms with Crippen LogP contribution < -0.4 is 5.73 Å². The molecule has 0 aliphatic carbocycles. The molecule has 0 saturated carbocycles. The summed E-state index contributed by atoms with van der Waals surface area (Å²) in [5, 5.41) is 10.0. The van der Waals surface area contributed by atoms with Gasteiger partial charge in [-0.2, -0.15) is 0 Å². The number of hydrogen-bond donors (Lipinski definition) is 1. The number of thiophene rings is 2. The Morgan fingerprint density at radius 3 is 1.38 bits per heavy atom. The summed E-state index contributed by atoms with van der Waals surface area (Å²) in [6.45, 7) is 0.368. The second kappa shape index (κ2) is 17.9. The molecule has 0 atom stereocenters. The topological polar surface area (TPSA) is 60.6 Å². The van der Waals surface area contributed by atoms with Crippen LogP contribution in [0.1, 0.15) is 16.7 Å². The molecule has 0 bridgehead atoms. The van der Waals surface area contributed by atoms with Crippen molar-refractivity contribution in [2.45, 2.75) is 6.54 Å². The van der Waals surface area contributed by atoms with Crippen molar-refractivity contribution < 1.29 is 0 Å². The van der Waals surface area contributed by atoms with E-state index in [4.69, 9.17) is 15.7 Å². The number of fused-ring (bicyclic) bond motifs is 14. The van der Waals surface area contributed by atoms with Gasteiger partial charge in [-0.05, 0) is 70.3 Å². The number of para-hydroxylation sites is 4. The molecule has 358 valence electrons. The van der Waals surface area contributed by atoms with Gasteiger partial charge in [0.05, 0.1) is 38.0 Å². The number of hydrogen-bond acceptors (Lipinski definition) is 3. The Hall–Kier alpha value is -9.40. The predicted molar refractivity (Wildman–Crippen MR) is 326 cm³/mol. The van der Waals surface area contributed by atoms with Crippen molar-refractivity contribution in [2.75, 3.05) is 0 Å². The highest BCUT2D eigenvalue weighted by atomic mass is 32.1. The number of amidine groups is 2. The Morgan fingerprint density at radius 2 is 0.816 bits per heavy atom. The van der Waals surface area contributed by atoms with Crippen LogP contribution in [0.25, 0.3) is 118 Å². The molecule has 0 radical (unpaired) electrons. The molecule has 4 aromatic heterocycles. The lowest BCUT2D eigenvalue weighted by Crippen LogP contribution is -2.16. The van der Waals surface area contributed by atoms with E-state index >= 15 is 0 Å². The van der Waals surface area contributed by atoms with E-state index in [1.54, 1.807) is 0 Å². The molecule has 0 spiro atoms. The van der Waals surface area contributed by atoms with Crippen LogP contribution in [-0.2, 0) is 6.54 Å². The maximum Gasteiger partial charge on any atom is 0.157 e. The Bertz CT molecular complexity index is 4830. The van der Waals surface area contributed by atoms with Gasteiger partial charge in [-0.1, -0.05) is 206 Å². The summed E-state index contributed by atoms with van der Waals surface area (Å²) in [5.41, 5.74) is 21.5. The van der Waals surface area contributed by atoms with Crippen LogP contribution in [0.4, 0.5) is 0 Å². The van der Waals surface area contributed by atoms with E-state index < -0.39 is 0 Å². The second-order valence-corrected chi connectivity index (χ2v) is 21.4. The zero-order chi connectivity index (χ0) is 50.3. The average Bonchev–Trinajstić information content (AvgIpc) is 4.35. The van der Waals surface area contributed by atoms with Crippen LogP contribution in [0.5, 0.6) is 0 Å². The van der Waals surface area contributed by atoms with Crippen LogP contribution >= 0.6 is 22.7 Å². The minimum Gasteiger partial charge on any atom is -0.383 e. The molecule has 0 amide bonds. The molecule has 7 heteroatoms. The minimum absolute atomic E-state index is 0.368. The molecular weight excluding hydrogens is 963 g/mol. The fourth-order valence-electron chi connectivity index (χ4n) is 11.6. The molecule has 0 fully saturated rings. The molecule has 2 N–H and O–H groups in total. The van der Waals surface area contributed by atoms with Crippen LogP contribution in [0.15, 0.2) is 259 Å². The van der Waals surface area contributed by atoms with E-state index in [0.717, 1.165) is 39.2 Å². The summed E-state index contributed by atoms with van der Waals surface area (Å²) >= 11 is 3.77. The summed E-state index contributed by atoms with van der Waals surface area (Å²) < 4.78 is 9.94. The van der Waals surface area contributed by atoms with Gasteiger partial charge in [-0.3, -0.25) is 4.99 Å². The summed E-state index contributed by atoms with van der Waals surface area (Å²) in [6.07, 6.45) is 0. The van der Waals surface area contributed by atoms with Gasteiger partial charge >= 0.3 is 0 Å². The lowest BCUT2D eigenvalue weighted by atomic mass is 9.93. The first-order valence-electron chi connectivity index (χ1n) is 25.6. The number of nitrogens with zero attached hydrogens (tertiary/aromatic N) is 4. The van der Waals surface area contributed by atoms with Crippen molar-refractivity contribution in [1.29, 1.82) is 0 Å². The van der Waals surface area contributed by atoms with Crippen LogP contribution in [0, 0.1) is 0 Å². The number of aromatic nitrogens is 2. The molecule has 0 saturated heterocycles. The van der Waals surface area contributed by atoms with Crippen molar-refractivity contribution in [3.05, 3.63) is 265 Å². The first-order chi connectivity index (χ1) is 37.6. The zero-order valence-corrected chi connectivity index (χ0v) is 42.7. The molecule has 76 heavy (non-hydrogen) atoms. The van der Waals surface area contributed by atoms with Gasteiger partial charge in [0.2, 0.25) is 0 Å². The maximum absolute atomic E-state index is 6.79. The summed E-state index contributed by atoms with van der Waals surface area (Å²) in [7, 11) is 0. The Morgan fingerprint density at radius 1 is 0.368 bits per heavy atom. The molecule has 0 aliphatic rings. The first-order valence-corrected chi connectivity index (χ1v) is 27.3. The number of aliphatic imine (C=N–C) groups is 2. The van der Waals surface area contributed by atoms with Crippen molar-refractivity contribution in [1.82, 2.24) is 9.13 Å². The highest BCUT2D eigenvalue weighted by Crippen LogP contribution is 2.49. The molecule has 15 rings (SSSR count). The SMILES string of the molecule is NC(=NC(=NCc1cc(-c2cccc3c2sc2c3ccc3c4ccccc4n(-c4ccccc4)c32)ccc1-c1cccc2c1sc1c2ccc2c3ccccc3n(-c3ccccc3)c21)c1ccccc1)c1ccccc1.